The highest BCUT2D eigenvalue weighted by molar-refractivity contribution is 7.09. The molecule has 0 amide bonds. The molecule has 92 heavy (non-hydrogen) atoms. The van der Waals surface area contributed by atoms with Crippen molar-refractivity contribution in [3.05, 3.63) is 107 Å². The van der Waals surface area contributed by atoms with Crippen molar-refractivity contribution in [3.8, 4) is 0 Å². The van der Waals surface area contributed by atoms with E-state index in [1.54, 1.807) is 0 Å². The van der Waals surface area contributed by atoms with E-state index in [-0.39, 0.29) is 74.1 Å². The van der Waals surface area contributed by atoms with E-state index in [2.05, 4.69) is 203 Å². The summed E-state index contributed by atoms with van der Waals surface area (Å²) in [6.07, 6.45) is 43.8. The minimum Gasteiger partial charge on any atom is -0.461 e. The van der Waals surface area contributed by atoms with Crippen molar-refractivity contribution >= 4 is 68.1 Å². The van der Waals surface area contributed by atoms with Gasteiger partial charge in [-0.25, -0.2) is 0 Å². The number of carbonyl (C=O) groups excluding carboxylic acids is 4. The van der Waals surface area contributed by atoms with Crippen LogP contribution in [0.25, 0.3) is 0 Å². The summed E-state index contributed by atoms with van der Waals surface area (Å²) in [5, 5.41) is 2.77. The summed E-state index contributed by atoms with van der Waals surface area (Å²) in [7, 11) is -7.58. The molecule has 1 aromatic rings. The van der Waals surface area contributed by atoms with Gasteiger partial charge in [-0.2, -0.15) is 0 Å². The topological polar surface area (TPSA) is 124 Å². The van der Waals surface area contributed by atoms with Crippen molar-refractivity contribution in [3.63, 3.8) is 0 Å². The first-order chi connectivity index (χ1) is 42.7. The Bertz CT molecular complexity index is 2490. The smallest absolute Gasteiger partial charge is 0.306 e. The quantitative estimate of drug-likeness (QED) is 0.0275. The molecule has 0 radical (unpaired) electrons. The zero-order valence-corrected chi connectivity index (χ0v) is 67.9. The molecule has 4 unspecified atom stereocenters. The van der Waals surface area contributed by atoms with Crippen LogP contribution >= 0.6 is 11.3 Å². The van der Waals surface area contributed by atoms with Crippen molar-refractivity contribution in [2.24, 2.45) is 11.8 Å². The normalized spacial score (nSPS) is 19.0. The van der Waals surface area contributed by atoms with Crippen LogP contribution in [0.3, 0.4) is 0 Å². The van der Waals surface area contributed by atoms with Crippen LogP contribution in [0.2, 0.25) is 72.5 Å². The van der Waals surface area contributed by atoms with Gasteiger partial charge in [-0.05, 0) is 167 Å². The number of thiophene rings is 1. The van der Waals surface area contributed by atoms with Gasteiger partial charge in [-0.15, -0.1) is 11.3 Å². The highest BCUT2D eigenvalue weighted by Crippen LogP contribution is 2.45. The third kappa shape index (κ3) is 34.2. The van der Waals surface area contributed by atoms with Gasteiger partial charge in [-0.3, -0.25) is 19.2 Å². The number of hydrogen-bond acceptors (Lipinski definition) is 11. The van der Waals surface area contributed by atoms with Gasteiger partial charge in [0.2, 0.25) is 0 Å². The molecule has 0 bridgehead atoms. The molecule has 6 atom stereocenters. The molecule has 2 aliphatic carbocycles. The van der Waals surface area contributed by atoms with Crippen molar-refractivity contribution < 1.29 is 46.4 Å². The van der Waals surface area contributed by atoms with E-state index < -0.39 is 33.3 Å². The van der Waals surface area contributed by atoms with Crippen LogP contribution in [-0.4, -0.2) is 94.4 Å². The molecule has 526 valence electrons. The average molecular weight is 1370 g/mol. The lowest BCUT2D eigenvalue weighted by molar-refractivity contribution is -0.143. The molecule has 10 nitrogen and oxygen atoms in total. The van der Waals surface area contributed by atoms with Crippen molar-refractivity contribution in [1.82, 2.24) is 0 Å². The molecule has 1 aromatic heterocycles. The Kier molecular flexibility index (Phi) is 40.2. The van der Waals surface area contributed by atoms with Gasteiger partial charge in [0.25, 0.3) is 0 Å². The largest absolute Gasteiger partial charge is 0.461 e. The summed E-state index contributed by atoms with van der Waals surface area (Å²) in [6, 6.07) is 4.33. The molecular weight excluding hydrogens is 1230 g/mol. The van der Waals surface area contributed by atoms with Crippen LogP contribution in [0.4, 0.5) is 0 Å². The Morgan fingerprint density at radius 1 is 0.576 bits per heavy atom. The summed E-state index contributed by atoms with van der Waals surface area (Å²) in [5.41, 5.74) is 0.848. The van der Waals surface area contributed by atoms with Gasteiger partial charge in [-0.1, -0.05) is 214 Å². The van der Waals surface area contributed by atoms with E-state index in [4.69, 9.17) is 27.2 Å². The van der Waals surface area contributed by atoms with Gasteiger partial charge in [0, 0.05) is 42.4 Å². The van der Waals surface area contributed by atoms with E-state index in [1.807, 2.05) is 67.7 Å². The lowest BCUT2D eigenvalue weighted by Crippen LogP contribution is -2.45. The zero-order chi connectivity index (χ0) is 70.0. The number of hydrogen-bond donors (Lipinski definition) is 0. The van der Waals surface area contributed by atoms with Crippen molar-refractivity contribution in [2.75, 3.05) is 13.2 Å². The Labute approximate surface area is 572 Å². The Balaban J connectivity index is 0.000000739. The third-order valence-electron chi connectivity index (χ3n) is 19.5. The predicted octanol–water partition coefficient (Wildman–Crippen LogP) is 22.7. The maximum atomic E-state index is 13.5. The van der Waals surface area contributed by atoms with Crippen molar-refractivity contribution in [1.29, 1.82) is 0 Å². The second kappa shape index (κ2) is 42.5. The van der Waals surface area contributed by atoms with E-state index >= 15 is 0 Å². The summed E-state index contributed by atoms with van der Waals surface area (Å²) < 4.78 is 37.0. The fourth-order valence-corrected chi connectivity index (χ4v) is 15.3. The maximum Gasteiger partial charge on any atom is 0.306 e. The number of esters is 2. The van der Waals surface area contributed by atoms with Gasteiger partial charge in [0.05, 0.1) is 24.4 Å². The second-order valence-electron chi connectivity index (χ2n) is 31.6. The Hall–Kier alpha value is -3.13. The van der Waals surface area contributed by atoms with Gasteiger partial charge >= 0.3 is 11.9 Å². The molecule has 0 N–H and O–H groups in total. The number of rotatable bonds is 37. The molecule has 15 heteroatoms. The fourth-order valence-electron chi connectivity index (χ4n) is 9.43. The number of allylic oxidation sites excluding steroid dienone is 8. The van der Waals surface area contributed by atoms with Crippen molar-refractivity contribution in [2.45, 2.75) is 330 Å². The maximum absolute atomic E-state index is 13.5. The highest BCUT2D eigenvalue weighted by Gasteiger charge is 2.47. The molecule has 0 aliphatic heterocycles. The van der Waals surface area contributed by atoms with Crippen LogP contribution in [0.15, 0.2) is 102 Å². The first-order valence-electron chi connectivity index (χ1n) is 35.4. The van der Waals surface area contributed by atoms with E-state index in [9.17, 15) is 19.2 Å². The van der Waals surface area contributed by atoms with Crippen LogP contribution in [0.1, 0.15) is 231 Å². The number of Topliss-reactive ketones (excluding diaryl/α,β-unsaturated/α-hetero) is 2. The van der Waals surface area contributed by atoms with Crippen LogP contribution < -0.4 is 0 Å². The summed E-state index contributed by atoms with van der Waals surface area (Å²) in [5.74, 6) is 0.0867. The zero-order valence-electron chi connectivity index (χ0n) is 63.0. The van der Waals surface area contributed by atoms with E-state index in [0.717, 1.165) is 56.9 Å². The molecule has 1 heterocycles. The molecular formula is C77H136O10SSi4. The monoisotopic (exact) mass is 1360 g/mol. The minimum atomic E-state index is -2.06. The lowest BCUT2D eigenvalue weighted by atomic mass is 9.90. The number of ketones is 2. The summed E-state index contributed by atoms with van der Waals surface area (Å²) in [6.45, 7) is 54.6. The average Bonchev–Trinajstić information content (AvgIpc) is 1.58. The summed E-state index contributed by atoms with van der Waals surface area (Å²) >= 11 is 1.83. The Morgan fingerprint density at radius 2 is 1.05 bits per heavy atom. The van der Waals surface area contributed by atoms with E-state index in [1.165, 1.54) is 37.0 Å². The first-order valence-corrected chi connectivity index (χ1v) is 47.9. The SMILES string of the molecule is C/C=C/COC(=O)CCC/C=C\CC1=CC(O[Si](C)(C)C(C)(C)C)CC1=O.C/C=C/COC(=O)CCC/C=C\C[C@H]1C(=O)CC(O[Si](C)(C)C(C)(C)C)[C@@H]1/C=C/C(CCCCC)O[Si](C)(C)C(C)(C)C.CCCCCC(/C=C/Cc1cccs1)O[Si](C)(C)C(C)(C)C. The molecule has 2 aliphatic rings. The van der Waals surface area contributed by atoms with Crippen LogP contribution in [0, 0.1) is 11.8 Å². The van der Waals surface area contributed by atoms with E-state index in [0.29, 0.717) is 57.5 Å². The van der Waals surface area contributed by atoms with Gasteiger partial charge < -0.3 is 27.2 Å². The van der Waals surface area contributed by atoms with Crippen LogP contribution in [0.5, 0.6) is 0 Å². The number of unbranched alkanes of at least 4 members (excludes halogenated alkanes) is 6. The molecule has 0 spiro atoms. The number of carbonyl (C=O) groups is 4. The lowest BCUT2D eigenvalue weighted by Gasteiger charge is -2.40. The van der Waals surface area contributed by atoms with Gasteiger partial charge in [0.1, 0.15) is 19.0 Å². The molecule has 0 saturated heterocycles. The minimum absolute atomic E-state index is 0.0320. The first kappa shape index (κ1) is 86.9. The molecule has 3 rings (SSSR count). The summed E-state index contributed by atoms with van der Waals surface area (Å²) in [4.78, 5) is 50.5. The standard InChI is InChI=1S/C36H66O5Si2.C22H36O4Si.C19H34OSSi/c1-13-15-19-22-29(40-42(9,10)35(3,4)5)25-26-31-30(23-20-17-18-21-24-34(38)39-27-16-14-2)32(37)28-33(31)41-43(11,12)36(6,7)8;1-7-8-15-25-21(24)14-12-10-9-11-13-18-16-19(17-20(18)23)26-27(5,6)22(2,3)4;1-7-8-9-12-17(20-22(5,6)19(2,3)4)13-10-14-18-15-11-16-21-18/h14,16-17,20,25-26,29-31,33H,13,15,18-19,21-24,27-28H2,1-12H3;7-9,11,16,19H,10,12-15,17H2,1-6H3;10-11,13,15-17H,7-9,12,14H2,1-6H3/b16-14+,20-17-,26-25+;8-7+,11-9-;13-10+/t29?,30-,31-,33?;;/m1../s1. The predicted molar refractivity (Wildman–Crippen MR) is 404 cm³/mol. The fraction of sp³-hybridized carbons (Fsp3) is 0.714. The molecule has 1 fully saturated rings. The molecule has 0 aromatic carbocycles. The third-order valence-corrected chi connectivity index (χ3v) is 38.5. The second-order valence-corrected chi connectivity index (χ2v) is 51.7. The Morgan fingerprint density at radius 3 is 1.51 bits per heavy atom. The highest BCUT2D eigenvalue weighted by atomic mass is 32.1. The molecule has 1 saturated carbocycles. The van der Waals surface area contributed by atoms with Gasteiger partial charge in [0.15, 0.2) is 39.1 Å². The van der Waals surface area contributed by atoms with Crippen LogP contribution in [-0.2, 0) is 52.8 Å². The number of ether oxygens (including phenoxy) is 2.